The zero-order valence-electron chi connectivity index (χ0n) is 7.35. The van der Waals surface area contributed by atoms with E-state index in [9.17, 15) is 13.6 Å². The Morgan fingerprint density at radius 3 is 2.50 bits per heavy atom. The lowest BCUT2D eigenvalue weighted by Gasteiger charge is -2.08. The van der Waals surface area contributed by atoms with Gasteiger partial charge in [0.05, 0.1) is 5.02 Å². The molecule has 0 aliphatic heterocycles. The first-order valence-electron chi connectivity index (χ1n) is 3.81. The molecule has 2 nitrogen and oxygen atoms in total. The number of nitrogen functional groups attached to an aromatic ring is 1. The van der Waals surface area contributed by atoms with E-state index in [1.807, 2.05) is 0 Å². The molecule has 76 valence electrons. The zero-order valence-corrected chi connectivity index (χ0v) is 8.11. The summed E-state index contributed by atoms with van der Waals surface area (Å²) in [6.45, 7) is 1.25. The van der Waals surface area contributed by atoms with E-state index in [-0.39, 0.29) is 22.1 Å². The van der Waals surface area contributed by atoms with E-state index < -0.39 is 12.0 Å². The predicted octanol–water partition coefficient (Wildman–Crippen LogP) is 3.06. The maximum atomic E-state index is 12.4. The molecule has 0 amide bonds. The molecule has 1 aromatic carbocycles. The Bertz CT molecular complexity index is 379. The molecule has 0 aromatic heterocycles. The molecule has 0 radical (unpaired) electrons. The van der Waals surface area contributed by atoms with E-state index in [0.717, 1.165) is 6.07 Å². The third-order valence-corrected chi connectivity index (χ3v) is 2.16. The average Bonchev–Trinajstić information content (AvgIpc) is 2.07. The average molecular weight is 220 g/mol. The van der Waals surface area contributed by atoms with Crippen molar-refractivity contribution in [1.29, 1.82) is 0 Å². The van der Waals surface area contributed by atoms with Gasteiger partial charge in [-0.3, -0.25) is 4.79 Å². The first-order chi connectivity index (χ1) is 6.43. The van der Waals surface area contributed by atoms with E-state index in [2.05, 4.69) is 0 Å². The number of hydrogen-bond acceptors (Lipinski definition) is 2. The minimum absolute atomic E-state index is 0.0296. The molecule has 0 aliphatic carbocycles. The van der Waals surface area contributed by atoms with E-state index in [1.54, 1.807) is 0 Å². The van der Waals surface area contributed by atoms with E-state index in [4.69, 9.17) is 17.3 Å². The minimum atomic E-state index is -2.73. The minimum Gasteiger partial charge on any atom is -0.399 e. The number of alkyl halides is 2. The summed E-state index contributed by atoms with van der Waals surface area (Å²) < 4.78 is 24.8. The summed E-state index contributed by atoms with van der Waals surface area (Å²) in [6, 6.07) is 2.36. The summed E-state index contributed by atoms with van der Waals surface area (Å²) in [5, 5.41) is -0.221. The number of hydrogen-bond donors (Lipinski definition) is 1. The molecule has 0 atom stereocenters. The van der Waals surface area contributed by atoms with Crippen molar-refractivity contribution in [1.82, 2.24) is 0 Å². The van der Waals surface area contributed by atoms with Crippen molar-refractivity contribution in [3.05, 3.63) is 28.3 Å². The quantitative estimate of drug-likeness (QED) is 0.614. The van der Waals surface area contributed by atoms with Gasteiger partial charge in [0.15, 0.2) is 5.78 Å². The second-order valence-electron chi connectivity index (χ2n) is 2.83. The summed E-state index contributed by atoms with van der Waals surface area (Å²) in [7, 11) is 0. The maximum Gasteiger partial charge on any atom is 0.265 e. The van der Waals surface area contributed by atoms with Crippen LogP contribution in [0.4, 0.5) is 14.5 Å². The van der Waals surface area contributed by atoms with Crippen molar-refractivity contribution in [2.75, 3.05) is 5.73 Å². The number of carbonyl (C=O) groups is 1. The molecular formula is C9H8ClF2NO. The molecule has 0 bridgehead atoms. The zero-order chi connectivity index (χ0) is 10.9. The summed E-state index contributed by atoms with van der Waals surface area (Å²) in [5.41, 5.74) is 5.09. The van der Waals surface area contributed by atoms with E-state index in [1.165, 1.54) is 13.0 Å². The highest BCUT2D eigenvalue weighted by molar-refractivity contribution is 6.34. The topological polar surface area (TPSA) is 43.1 Å². The summed E-state index contributed by atoms with van der Waals surface area (Å²) >= 11 is 5.61. The largest absolute Gasteiger partial charge is 0.399 e. The Kier molecular flexibility index (Phi) is 3.06. The molecule has 14 heavy (non-hydrogen) atoms. The summed E-state index contributed by atoms with van der Waals surface area (Å²) in [6.07, 6.45) is -2.73. The van der Waals surface area contributed by atoms with Gasteiger partial charge in [-0.2, -0.15) is 0 Å². The van der Waals surface area contributed by atoms with Gasteiger partial charge >= 0.3 is 0 Å². The Morgan fingerprint density at radius 2 is 2.07 bits per heavy atom. The van der Waals surface area contributed by atoms with Gasteiger partial charge in [0.25, 0.3) is 6.43 Å². The fourth-order valence-corrected chi connectivity index (χ4v) is 1.41. The maximum absolute atomic E-state index is 12.4. The van der Waals surface area contributed by atoms with E-state index >= 15 is 0 Å². The number of ketones is 1. The molecule has 0 fully saturated rings. The van der Waals surface area contributed by atoms with Gasteiger partial charge in [0.2, 0.25) is 0 Å². The molecular weight excluding hydrogens is 212 g/mol. The Balaban J connectivity index is 3.40. The molecule has 2 N–H and O–H groups in total. The van der Waals surface area contributed by atoms with Crippen molar-refractivity contribution in [2.45, 2.75) is 13.3 Å². The van der Waals surface area contributed by atoms with Gasteiger partial charge in [-0.05, 0) is 19.1 Å². The van der Waals surface area contributed by atoms with Crippen molar-refractivity contribution < 1.29 is 13.6 Å². The normalized spacial score (nSPS) is 10.6. The molecule has 1 aromatic rings. The van der Waals surface area contributed by atoms with Gasteiger partial charge in [-0.1, -0.05) is 11.6 Å². The molecule has 0 unspecified atom stereocenters. The lowest BCUT2D eigenvalue weighted by molar-refractivity contribution is 0.101. The van der Waals surface area contributed by atoms with Crippen molar-refractivity contribution in [3.63, 3.8) is 0 Å². The SMILES string of the molecule is CC(=O)c1cc(N)cc(C(F)F)c1Cl. The lowest BCUT2D eigenvalue weighted by Crippen LogP contribution is -2.00. The smallest absolute Gasteiger partial charge is 0.265 e. The van der Waals surface area contributed by atoms with Crippen molar-refractivity contribution in [3.8, 4) is 0 Å². The van der Waals surface area contributed by atoms with Crippen LogP contribution >= 0.6 is 11.6 Å². The fraction of sp³-hybridized carbons (Fsp3) is 0.222. The number of benzene rings is 1. The van der Waals surface area contributed by atoms with E-state index in [0.29, 0.717) is 0 Å². The van der Waals surface area contributed by atoms with Crippen LogP contribution in [0.2, 0.25) is 5.02 Å². The lowest BCUT2D eigenvalue weighted by atomic mass is 10.1. The number of Topliss-reactive ketones (excluding diaryl/α,β-unsaturated/α-hetero) is 1. The predicted molar refractivity (Wildman–Crippen MR) is 50.8 cm³/mol. The first kappa shape index (κ1) is 10.9. The van der Waals surface area contributed by atoms with Crippen LogP contribution in [0.1, 0.15) is 29.3 Å². The molecule has 0 aliphatic rings. The number of rotatable bonds is 2. The van der Waals surface area contributed by atoms with Gasteiger partial charge in [0.1, 0.15) is 0 Å². The molecule has 0 saturated heterocycles. The van der Waals surface area contributed by atoms with Gasteiger partial charge in [0, 0.05) is 16.8 Å². The number of anilines is 1. The highest BCUT2D eigenvalue weighted by Crippen LogP contribution is 2.32. The second-order valence-corrected chi connectivity index (χ2v) is 3.21. The highest BCUT2D eigenvalue weighted by atomic mass is 35.5. The van der Waals surface area contributed by atoms with Crippen molar-refractivity contribution >= 4 is 23.1 Å². The van der Waals surface area contributed by atoms with Crippen LogP contribution < -0.4 is 5.73 Å². The van der Waals surface area contributed by atoms with Crippen LogP contribution in [0.3, 0.4) is 0 Å². The van der Waals surface area contributed by atoms with Crippen LogP contribution in [0, 0.1) is 0 Å². The number of carbonyl (C=O) groups excluding carboxylic acids is 1. The Labute approximate surface area is 84.7 Å². The number of nitrogens with two attached hydrogens (primary N) is 1. The van der Waals surface area contributed by atoms with Crippen molar-refractivity contribution in [2.24, 2.45) is 0 Å². The first-order valence-corrected chi connectivity index (χ1v) is 4.19. The van der Waals surface area contributed by atoms with Gasteiger partial charge in [-0.25, -0.2) is 8.78 Å². The van der Waals surface area contributed by atoms with Gasteiger partial charge < -0.3 is 5.73 Å². The molecule has 1 rings (SSSR count). The van der Waals surface area contributed by atoms with Crippen LogP contribution in [-0.4, -0.2) is 5.78 Å². The van der Waals surface area contributed by atoms with Gasteiger partial charge in [-0.15, -0.1) is 0 Å². The van der Waals surface area contributed by atoms with Crippen LogP contribution in [0.15, 0.2) is 12.1 Å². The van der Waals surface area contributed by atoms with Crippen LogP contribution in [0.25, 0.3) is 0 Å². The van der Waals surface area contributed by atoms with Crippen LogP contribution in [0.5, 0.6) is 0 Å². The third-order valence-electron chi connectivity index (χ3n) is 1.74. The second kappa shape index (κ2) is 3.92. The monoisotopic (exact) mass is 219 g/mol. The summed E-state index contributed by atoms with van der Waals surface area (Å²) in [4.78, 5) is 11.0. The number of halogens is 3. The standard InChI is InChI=1S/C9H8ClF2NO/c1-4(14)6-2-5(13)3-7(8(6)10)9(11)12/h2-3,9H,13H2,1H3. The third kappa shape index (κ3) is 2.01. The fourth-order valence-electron chi connectivity index (χ4n) is 1.09. The molecule has 0 spiro atoms. The Morgan fingerprint density at radius 1 is 1.50 bits per heavy atom. The molecule has 0 saturated carbocycles. The Hall–Kier alpha value is -1.16. The highest BCUT2D eigenvalue weighted by Gasteiger charge is 2.17. The summed E-state index contributed by atoms with van der Waals surface area (Å²) in [5.74, 6) is -0.385. The van der Waals surface area contributed by atoms with Crippen LogP contribution in [-0.2, 0) is 0 Å². The molecule has 0 heterocycles. The molecule has 5 heteroatoms.